The first-order valence-corrected chi connectivity index (χ1v) is 9.19. The molecule has 1 aliphatic rings. The highest BCUT2D eigenvalue weighted by molar-refractivity contribution is 7.92. The van der Waals surface area contributed by atoms with E-state index in [1.54, 1.807) is 0 Å². The van der Waals surface area contributed by atoms with Crippen LogP contribution in [0, 0.1) is 0 Å². The van der Waals surface area contributed by atoms with E-state index in [1.165, 1.54) is 0 Å². The van der Waals surface area contributed by atoms with Crippen molar-refractivity contribution >= 4 is 19.9 Å². The topological polar surface area (TPSA) is 97.5 Å². The van der Waals surface area contributed by atoms with Crippen LogP contribution in [0.3, 0.4) is 0 Å². The SMILES string of the molecule is NCCN(CC(F)F)S(=O)(=O)C1CCS(=O)(=O)CC1. The highest BCUT2D eigenvalue weighted by Gasteiger charge is 2.37. The average molecular weight is 320 g/mol. The number of sulfone groups is 1. The van der Waals surface area contributed by atoms with Crippen molar-refractivity contribution in [3.05, 3.63) is 0 Å². The number of hydrogen-bond donors (Lipinski definition) is 1. The summed E-state index contributed by atoms with van der Waals surface area (Å²) < 4.78 is 72.3. The number of alkyl halides is 2. The van der Waals surface area contributed by atoms with Gasteiger partial charge in [-0.25, -0.2) is 25.6 Å². The van der Waals surface area contributed by atoms with Gasteiger partial charge in [0.05, 0.1) is 23.3 Å². The van der Waals surface area contributed by atoms with Crippen LogP contribution >= 0.6 is 0 Å². The standard InChI is InChI=1S/C9H18F2N2O4S2/c10-9(11)7-13(4-3-12)19(16,17)8-1-5-18(14,15)6-2-8/h8-9H,1-7,12H2. The van der Waals surface area contributed by atoms with E-state index >= 15 is 0 Å². The molecule has 2 N–H and O–H groups in total. The van der Waals surface area contributed by atoms with Crippen LogP contribution in [0.25, 0.3) is 0 Å². The summed E-state index contributed by atoms with van der Waals surface area (Å²) in [6, 6.07) is 0. The third-order valence-electron chi connectivity index (χ3n) is 3.00. The molecule has 1 rings (SSSR count). The molecule has 0 aromatic heterocycles. The molecule has 19 heavy (non-hydrogen) atoms. The third kappa shape index (κ3) is 4.62. The van der Waals surface area contributed by atoms with Crippen LogP contribution in [0.15, 0.2) is 0 Å². The van der Waals surface area contributed by atoms with Gasteiger partial charge in [0.25, 0.3) is 6.43 Å². The highest BCUT2D eigenvalue weighted by atomic mass is 32.2. The molecule has 0 aromatic carbocycles. The maximum Gasteiger partial charge on any atom is 0.252 e. The van der Waals surface area contributed by atoms with Gasteiger partial charge in [-0.05, 0) is 12.8 Å². The second-order valence-electron chi connectivity index (χ2n) is 4.43. The van der Waals surface area contributed by atoms with Crippen molar-refractivity contribution in [1.82, 2.24) is 4.31 Å². The second-order valence-corrected chi connectivity index (χ2v) is 8.95. The first kappa shape index (κ1) is 16.7. The van der Waals surface area contributed by atoms with E-state index in [2.05, 4.69) is 0 Å². The molecule has 0 atom stereocenters. The van der Waals surface area contributed by atoms with Gasteiger partial charge >= 0.3 is 0 Å². The van der Waals surface area contributed by atoms with E-state index in [9.17, 15) is 25.6 Å². The molecule has 0 bridgehead atoms. The predicted molar refractivity (Wildman–Crippen MR) is 67.2 cm³/mol. The summed E-state index contributed by atoms with van der Waals surface area (Å²) in [6.07, 6.45) is -2.88. The summed E-state index contributed by atoms with van der Waals surface area (Å²) in [5.74, 6) is -0.440. The Bertz CT molecular complexity index is 478. The van der Waals surface area contributed by atoms with Crippen LogP contribution in [0.2, 0.25) is 0 Å². The lowest BCUT2D eigenvalue weighted by atomic mass is 10.2. The van der Waals surface area contributed by atoms with Gasteiger partial charge in [0.1, 0.15) is 9.84 Å². The summed E-state index contributed by atoms with van der Waals surface area (Å²) in [5.41, 5.74) is 5.23. The molecule has 0 amide bonds. The molecule has 1 heterocycles. The van der Waals surface area contributed by atoms with E-state index in [-0.39, 0.29) is 37.4 Å². The molecule has 1 saturated heterocycles. The average Bonchev–Trinajstić information content (AvgIpc) is 2.27. The van der Waals surface area contributed by atoms with Crippen molar-refractivity contribution in [2.24, 2.45) is 5.73 Å². The second kappa shape index (κ2) is 6.42. The summed E-state index contributed by atoms with van der Waals surface area (Å²) in [5, 5.41) is -0.915. The van der Waals surface area contributed by atoms with Gasteiger partial charge in [0.2, 0.25) is 10.0 Å². The monoisotopic (exact) mass is 320 g/mol. The van der Waals surface area contributed by atoms with Crippen molar-refractivity contribution in [3.8, 4) is 0 Å². The molecular formula is C9H18F2N2O4S2. The molecule has 6 nitrogen and oxygen atoms in total. The Hall–Kier alpha value is -0.320. The number of sulfonamides is 1. The van der Waals surface area contributed by atoms with Crippen molar-refractivity contribution in [2.45, 2.75) is 24.5 Å². The zero-order valence-corrected chi connectivity index (χ0v) is 12.0. The Morgan fingerprint density at radius 2 is 1.79 bits per heavy atom. The van der Waals surface area contributed by atoms with Gasteiger partial charge in [-0.3, -0.25) is 0 Å². The van der Waals surface area contributed by atoms with Crippen LogP contribution in [0.4, 0.5) is 8.78 Å². The van der Waals surface area contributed by atoms with Crippen molar-refractivity contribution in [2.75, 3.05) is 31.1 Å². The Morgan fingerprint density at radius 1 is 1.26 bits per heavy atom. The molecule has 0 saturated carbocycles. The molecule has 0 unspecified atom stereocenters. The fourth-order valence-electron chi connectivity index (χ4n) is 2.00. The molecule has 0 spiro atoms. The van der Waals surface area contributed by atoms with Gasteiger partial charge in [-0.1, -0.05) is 0 Å². The van der Waals surface area contributed by atoms with Crippen molar-refractivity contribution < 1.29 is 25.6 Å². The van der Waals surface area contributed by atoms with Gasteiger partial charge in [-0.2, -0.15) is 4.31 Å². The third-order valence-corrected chi connectivity index (χ3v) is 7.08. The van der Waals surface area contributed by atoms with E-state index < -0.39 is 38.1 Å². The zero-order chi connectivity index (χ0) is 14.7. The Kier molecular flexibility index (Phi) is 5.65. The van der Waals surface area contributed by atoms with Crippen LogP contribution in [0.5, 0.6) is 0 Å². The minimum atomic E-state index is -3.92. The van der Waals surface area contributed by atoms with Gasteiger partial charge in [0, 0.05) is 13.1 Å². The van der Waals surface area contributed by atoms with E-state index in [0.717, 1.165) is 0 Å². The lowest BCUT2D eigenvalue weighted by Gasteiger charge is -2.29. The molecule has 0 aromatic rings. The summed E-state index contributed by atoms with van der Waals surface area (Å²) >= 11 is 0. The van der Waals surface area contributed by atoms with Crippen LogP contribution in [-0.2, 0) is 19.9 Å². The van der Waals surface area contributed by atoms with Crippen LogP contribution < -0.4 is 5.73 Å². The van der Waals surface area contributed by atoms with Gasteiger partial charge in [-0.15, -0.1) is 0 Å². The van der Waals surface area contributed by atoms with E-state index in [0.29, 0.717) is 4.31 Å². The molecular weight excluding hydrogens is 302 g/mol. The predicted octanol–water partition coefficient (Wildman–Crippen LogP) is -0.581. The van der Waals surface area contributed by atoms with Crippen molar-refractivity contribution in [3.63, 3.8) is 0 Å². The normalized spacial score (nSPS) is 21.1. The zero-order valence-electron chi connectivity index (χ0n) is 10.3. The fourth-order valence-corrected chi connectivity index (χ4v) is 5.72. The molecule has 0 radical (unpaired) electrons. The van der Waals surface area contributed by atoms with Crippen LogP contribution in [0.1, 0.15) is 12.8 Å². The molecule has 10 heteroatoms. The maximum absolute atomic E-state index is 12.4. The fraction of sp³-hybridized carbons (Fsp3) is 1.00. The Morgan fingerprint density at radius 3 is 2.21 bits per heavy atom. The number of nitrogens with two attached hydrogens (primary N) is 1. The summed E-state index contributed by atoms with van der Waals surface area (Å²) in [6.45, 7) is -1.14. The largest absolute Gasteiger partial charge is 0.329 e. The smallest absolute Gasteiger partial charge is 0.252 e. The number of halogens is 2. The number of rotatable bonds is 6. The Labute approximate surface area is 111 Å². The van der Waals surface area contributed by atoms with E-state index in [4.69, 9.17) is 5.73 Å². The quantitative estimate of drug-likeness (QED) is 0.706. The molecule has 1 aliphatic heterocycles. The molecule has 1 fully saturated rings. The summed E-state index contributed by atoms with van der Waals surface area (Å²) in [4.78, 5) is 0. The lowest BCUT2D eigenvalue weighted by Crippen LogP contribution is -2.46. The van der Waals surface area contributed by atoms with Crippen molar-refractivity contribution in [1.29, 1.82) is 0 Å². The number of hydrogen-bond acceptors (Lipinski definition) is 5. The van der Waals surface area contributed by atoms with E-state index in [1.807, 2.05) is 0 Å². The van der Waals surface area contributed by atoms with Gasteiger partial charge < -0.3 is 5.73 Å². The molecule has 114 valence electrons. The minimum absolute atomic E-state index is 0.0467. The Balaban J connectivity index is 2.82. The number of nitrogens with zero attached hydrogens (tertiary/aromatic N) is 1. The maximum atomic E-state index is 12.4. The highest BCUT2D eigenvalue weighted by Crippen LogP contribution is 2.22. The molecule has 0 aliphatic carbocycles. The first-order chi connectivity index (χ1) is 8.69. The first-order valence-electron chi connectivity index (χ1n) is 5.86. The van der Waals surface area contributed by atoms with Crippen LogP contribution in [-0.4, -0.2) is 64.0 Å². The summed E-state index contributed by atoms with van der Waals surface area (Å²) in [7, 11) is -7.12. The minimum Gasteiger partial charge on any atom is -0.329 e. The lowest BCUT2D eigenvalue weighted by molar-refractivity contribution is 0.120. The van der Waals surface area contributed by atoms with Gasteiger partial charge in [0.15, 0.2) is 0 Å².